The highest BCUT2D eigenvalue weighted by Gasteiger charge is 2.27. The summed E-state index contributed by atoms with van der Waals surface area (Å²) in [4.78, 5) is 18.3. The average Bonchev–Trinajstić information content (AvgIpc) is 2.94. The van der Waals surface area contributed by atoms with Crippen molar-refractivity contribution in [1.29, 1.82) is 0 Å². The molecule has 1 N–H and O–H groups in total. The van der Waals surface area contributed by atoms with Crippen molar-refractivity contribution in [1.82, 2.24) is 20.4 Å². The van der Waals surface area contributed by atoms with Gasteiger partial charge in [0.05, 0.1) is 0 Å². The van der Waals surface area contributed by atoms with Crippen molar-refractivity contribution in [2.45, 2.75) is 39.2 Å². The number of urea groups is 1. The number of carbonyl (C=O) groups is 1. The van der Waals surface area contributed by atoms with E-state index >= 15 is 0 Å². The van der Waals surface area contributed by atoms with Gasteiger partial charge in [-0.15, -0.1) is 0 Å². The normalized spacial score (nSPS) is 19.0. The Labute approximate surface area is 125 Å². The van der Waals surface area contributed by atoms with Gasteiger partial charge in [0.15, 0.2) is 5.82 Å². The molecule has 2 heterocycles. The van der Waals surface area contributed by atoms with Crippen molar-refractivity contribution in [3.63, 3.8) is 0 Å². The Kier molecular flexibility index (Phi) is 5.55. The van der Waals surface area contributed by atoms with Crippen molar-refractivity contribution in [3.05, 3.63) is 11.7 Å². The van der Waals surface area contributed by atoms with Crippen LogP contribution in [0.15, 0.2) is 4.52 Å². The minimum Gasteiger partial charge on any atom is -0.375 e. The Bertz CT molecular complexity index is 461. The fourth-order valence-corrected chi connectivity index (χ4v) is 2.39. The third kappa shape index (κ3) is 4.42. The van der Waals surface area contributed by atoms with Crippen LogP contribution in [0.2, 0.25) is 0 Å². The fraction of sp³-hybridized carbons (Fsp3) is 0.786. The monoisotopic (exact) mass is 296 g/mol. The van der Waals surface area contributed by atoms with Gasteiger partial charge in [-0.25, -0.2) is 4.79 Å². The first-order valence-electron chi connectivity index (χ1n) is 7.44. The Morgan fingerprint density at radius 2 is 2.38 bits per heavy atom. The van der Waals surface area contributed by atoms with Crippen LogP contribution in [0, 0.1) is 5.92 Å². The SMILES string of the molecule is COCc1nc(C2CCCN(C(=O)NCC(C)C)C2)no1. The number of hydrogen-bond donors (Lipinski definition) is 1. The third-order valence-corrected chi connectivity index (χ3v) is 3.49. The highest BCUT2D eigenvalue weighted by atomic mass is 16.5. The third-order valence-electron chi connectivity index (χ3n) is 3.49. The molecule has 1 aliphatic rings. The van der Waals surface area contributed by atoms with Crippen LogP contribution >= 0.6 is 0 Å². The molecule has 1 aliphatic heterocycles. The second-order valence-electron chi connectivity index (χ2n) is 5.84. The van der Waals surface area contributed by atoms with E-state index in [2.05, 4.69) is 29.3 Å². The lowest BCUT2D eigenvalue weighted by atomic mass is 9.97. The number of carbonyl (C=O) groups excluding carboxylic acids is 1. The zero-order chi connectivity index (χ0) is 15.2. The van der Waals surface area contributed by atoms with Gasteiger partial charge in [0.2, 0.25) is 0 Å². The van der Waals surface area contributed by atoms with Crippen molar-refractivity contribution in [2.75, 3.05) is 26.7 Å². The Morgan fingerprint density at radius 3 is 3.10 bits per heavy atom. The lowest BCUT2D eigenvalue weighted by Crippen LogP contribution is -2.46. The molecule has 0 spiro atoms. The summed E-state index contributed by atoms with van der Waals surface area (Å²) in [5.74, 6) is 1.73. The summed E-state index contributed by atoms with van der Waals surface area (Å²) < 4.78 is 10.1. The zero-order valence-electron chi connectivity index (χ0n) is 13.0. The number of methoxy groups -OCH3 is 1. The summed E-state index contributed by atoms with van der Waals surface area (Å²) in [6, 6.07) is -0.00555. The number of nitrogens with one attached hydrogen (secondary N) is 1. The van der Waals surface area contributed by atoms with E-state index in [1.54, 1.807) is 7.11 Å². The molecule has 0 saturated carbocycles. The molecule has 1 atom stereocenters. The van der Waals surface area contributed by atoms with Crippen LogP contribution in [0.1, 0.15) is 44.3 Å². The van der Waals surface area contributed by atoms with Gasteiger partial charge >= 0.3 is 6.03 Å². The van der Waals surface area contributed by atoms with Gasteiger partial charge in [-0.1, -0.05) is 19.0 Å². The minimum atomic E-state index is -0.00555. The lowest BCUT2D eigenvalue weighted by Gasteiger charge is -2.31. The number of piperidine rings is 1. The second kappa shape index (κ2) is 7.40. The molecule has 1 unspecified atom stereocenters. The molecule has 7 nitrogen and oxygen atoms in total. The summed E-state index contributed by atoms with van der Waals surface area (Å²) in [7, 11) is 1.59. The van der Waals surface area contributed by atoms with Gasteiger partial charge in [-0.3, -0.25) is 0 Å². The number of rotatable bonds is 5. The molecule has 1 aromatic rings. The molecule has 2 amide bonds. The molecule has 21 heavy (non-hydrogen) atoms. The highest BCUT2D eigenvalue weighted by Crippen LogP contribution is 2.24. The summed E-state index contributed by atoms with van der Waals surface area (Å²) in [6.07, 6.45) is 1.92. The Morgan fingerprint density at radius 1 is 1.57 bits per heavy atom. The maximum Gasteiger partial charge on any atom is 0.317 e. The van der Waals surface area contributed by atoms with Gasteiger partial charge in [0.25, 0.3) is 5.89 Å². The molecule has 118 valence electrons. The first kappa shape index (κ1) is 15.8. The molecular formula is C14H24N4O3. The standard InChI is InChI=1S/C14H24N4O3/c1-10(2)7-15-14(19)18-6-4-5-11(8-18)13-16-12(9-20-3)21-17-13/h10-11H,4-9H2,1-3H3,(H,15,19). The van der Waals surface area contributed by atoms with Crippen LogP contribution < -0.4 is 5.32 Å². The van der Waals surface area contributed by atoms with E-state index in [-0.39, 0.29) is 11.9 Å². The average molecular weight is 296 g/mol. The van der Waals surface area contributed by atoms with E-state index < -0.39 is 0 Å². The molecule has 1 saturated heterocycles. The van der Waals surface area contributed by atoms with Crippen LogP contribution in [0.4, 0.5) is 4.79 Å². The molecule has 1 aromatic heterocycles. The maximum absolute atomic E-state index is 12.1. The van der Waals surface area contributed by atoms with Gasteiger partial charge < -0.3 is 19.5 Å². The number of nitrogens with zero attached hydrogens (tertiary/aromatic N) is 3. The fourth-order valence-electron chi connectivity index (χ4n) is 2.39. The number of ether oxygens (including phenoxy) is 1. The second-order valence-corrected chi connectivity index (χ2v) is 5.84. The summed E-state index contributed by atoms with van der Waals surface area (Å²) >= 11 is 0. The van der Waals surface area contributed by atoms with Crippen LogP contribution in [-0.2, 0) is 11.3 Å². The van der Waals surface area contributed by atoms with Gasteiger partial charge in [0.1, 0.15) is 6.61 Å². The van der Waals surface area contributed by atoms with Crippen molar-refractivity contribution < 1.29 is 14.1 Å². The van der Waals surface area contributed by atoms with Gasteiger partial charge in [0, 0.05) is 32.7 Å². The van der Waals surface area contributed by atoms with E-state index in [9.17, 15) is 4.79 Å². The van der Waals surface area contributed by atoms with E-state index in [0.29, 0.717) is 37.3 Å². The molecular weight excluding hydrogens is 272 g/mol. The zero-order valence-corrected chi connectivity index (χ0v) is 13.0. The molecule has 7 heteroatoms. The summed E-state index contributed by atoms with van der Waals surface area (Å²) in [5, 5.41) is 6.95. The van der Waals surface area contributed by atoms with Gasteiger partial charge in [-0.05, 0) is 18.8 Å². The smallest absolute Gasteiger partial charge is 0.317 e. The molecule has 0 aromatic carbocycles. The van der Waals surface area contributed by atoms with Crippen LogP contribution in [0.25, 0.3) is 0 Å². The number of hydrogen-bond acceptors (Lipinski definition) is 5. The molecule has 2 rings (SSSR count). The van der Waals surface area contributed by atoms with E-state index in [4.69, 9.17) is 9.26 Å². The van der Waals surface area contributed by atoms with Crippen LogP contribution in [-0.4, -0.2) is 47.8 Å². The van der Waals surface area contributed by atoms with Crippen LogP contribution in [0.5, 0.6) is 0 Å². The predicted molar refractivity (Wildman–Crippen MR) is 76.8 cm³/mol. The summed E-state index contributed by atoms with van der Waals surface area (Å²) in [5.41, 5.74) is 0. The van der Waals surface area contributed by atoms with E-state index in [1.807, 2.05) is 4.90 Å². The largest absolute Gasteiger partial charge is 0.375 e. The summed E-state index contributed by atoms with van der Waals surface area (Å²) in [6.45, 7) is 6.59. The van der Waals surface area contributed by atoms with Gasteiger partial charge in [-0.2, -0.15) is 4.98 Å². The van der Waals surface area contributed by atoms with Crippen molar-refractivity contribution in [3.8, 4) is 0 Å². The Hall–Kier alpha value is -1.63. The van der Waals surface area contributed by atoms with Crippen molar-refractivity contribution in [2.24, 2.45) is 5.92 Å². The van der Waals surface area contributed by atoms with E-state index in [1.165, 1.54) is 0 Å². The first-order valence-corrected chi connectivity index (χ1v) is 7.44. The van der Waals surface area contributed by atoms with Crippen molar-refractivity contribution >= 4 is 6.03 Å². The number of amides is 2. The molecule has 0 radical (unpaired) electrons. The molecule has 0 bridgehead atoms. The number of aromatic nitrogens is 2. The maximum atomic E-state index is 12.1. The molecule has 1 fully saturated rings. The minimum absolute atomic E-state index is 0.00555. The topological polar surface area (TPSA) is 80.5 Å². The van der Waals surface area contributed by atoms with Crippen LogP contribution in [0.3, 0.4) is 0 Å². The highest BCUT2D eigenvalue weighted by molar-refractivity contribution is 5.74. The Balaban J connectivity index is 1.91. The quantitative estimate of drug-likeness (QED) is 0.895. The first-order chi connectivity index (χ1) is 10.1. The van der Waals surface area contributed by atoms with E-state index in [0.717, 1.165) is 19.4 Å². The number of likely N-dealkylation sites (tertiary alicyclic amines) is 1. The lowest BCUT2D eigenvalue weighted by molar-refractivity contribution is 0.151. The predicted octanol–water partition coefficient (Wildman–Crippen LogP) is 1.76. The molecule has 0 aliphatic carbocycles.